The molecule has 0 radical (unpaired) electrons. The predicted octanol–water partition coefficient (Wildman–Crippen LogP) is 4.18. The minimum atomic E-state index is -1.00. The van der Waals surface area contributed by atoms with Crippen LogP contribution in [-0.4, -0.2) is 15.6 Å². The average Bonchev–Trinajstić information content (AvgIpc) is 2.82. The molecule has 1 aromatic heterocycles. The first kappa shape index (κ1) is 13.6. The van der Waals surface area contributed by atoms with Crippen LogP contribution in [0.1, 0.15) is 15.9 Å². The molecule has 3 rings (SSSR count). The Balaban J connectivity index is 2.13. The maximum absolute atomic E-state index is 13.8. The van der Waals surface area contributed by atoms with Crippen LogP contribution >= 0.6 is 11.6 Å². The van der Waals surface area contributed by atoms with Crippen molar-refractivity contribution in [2.45, 2.75) is 6.54 Å². The van der Waals surface area contributed by atoms with Gasteiger partial charge in [-0.25, -0.2) is 9.18 Å². The smallest absolute Gasteiger partial charge is 0.337 e. The Morgan fingerprint density at radius 2 is 2.00 bits per heavy atom. The molecule has 2 aromatic carbocycles. The summed E-state index contributed by atoms with van der Waals surface area (Å²) in [7, 11) is 0. The van der Waals surface area contributed by atoms with Crippen molar-refractivity contribution >= 4 is 28.5 Å². The lowest BCUT2D eigenvalue weighted by Gasteiger charge is -2.07. The fourth-order valence-corrected chi connectivity index (χ4v) is 2.59. The summed E-state index contributed by atoms with van der Waals surface area (Å²) < 4.78 is 15.5. The number of carboxylic acid groups (broad SMARTS) is 1. The number of nitrogens with zero attached hydrogens (tertiary/aromatic N) is 1. The van der Waals surface area contributed by atoms with Gasteiger partial charge in [0.05, 0.1) is 12.1 Å². The third kappa shape index (κ3) is 2.50. The molecule has 0 saturated carbocycles. The van der Waals surface area contributed by atoms with E-state index in [1.807, 2.05) is 12.1 Å². The first-order valence-electron chi connectivity index (χ1n) is 6.31. The standard InChI is InChI=1S/C16H11ClFNO2/c17-11-5-6-14(18)10(7-11)8-19-9-13(16(20)21)12-3-1-2-4-15(12)19/h1-7,9H,8H2,(H,20,21). The second-order valence-electron chi connectivity index (χ2n) is 4.73. The maximum atomic E-state index is 13.8. The molecule has 5 heteroatoms. The van der Waals surface area contributed by atoms with Crippen molar-refractivity contribution < 1.29 is 14.3 Å². The average molecular weight is 304 g/mol. The lowest BCUT2D eigenvalue weighted by atomic mass is 10.2. The quantitative estimate of drug-likeness (QED) is 0.788. The van der Waals surface area contributed by atoms with E-state index < -0.39 is 5.97 Å². The molecule has 0 amide bonds. The fraction of sp³-hybridized carbons (Fsp3) is 0.0625. The van der Waals surface area contributed by atoms with Crippen LogP contribution in [0.3, 0.4) is 0 Å². The maximum Gasteiger partial charge on any atom is 0.337 e. The van der Waals surface area contributed by atoms with Crippen molar-refractivity contribution in [1.82, 2.24) is 4.57 Å². The summed E-state index contributed by atoms with van der Waals surface area (Å²) in [4.78, 5) is 11.3. The minimum absolute atomic E-state index is 0.202. The van der Waals surface area contributed by atoms with Crippen molar-refractivity contribution in [2.75, 3.05) is 0 Å². The van der Waals surface area contributed by atoms with Crippen molar-refractivity contribution in [1.29, 1.82) is 0 Å². The highest BCUT2D eigenvalue weighted by atomic mass is 35.5. The zero-order chi connectivity index (χ0) is 15.0. The zero-order valence-electron chi connectivity index (χ0n) is 10.9. The van der Waals surface area contributed by atoms with E-state index in [1.165, 1.54) is 18.3 Å². The molecule has 1 heterocycles. The number of aromatic nitrogens is 1. The van der Waals surface area contributed by atoms with E-state index in [0.29, 0.717) is 16.0 Å². The fourth-order valence-electron chi connectivity index (χ4n) is 2.40. The summed E-state index contributed by atoms with van der Waals surface area (Å²) in [5, 5.41) is 10.3. The Morgan fingerprint density at radius 1 is 1.24 bits per heavy atom. The number of halogens is 2. The summed E-state index contributed by atoms with van der Waals surface area (Å²) in [5.74, 6) is -1.37. The number of aromatic carboxylic acids is 1. The molecule has 106 valence electrons. The summed E-state index contributed by atoms with van der Waals surface area (Å²) in [6.07, 6.45) is 1.52. The Bertz CT molecular complexity index is 841. The SMILES string of the molecule is O=C(O)c1cn(Cc2cc(Cl)ccc2F)c2ccccc12. The lowest BCUT2D eigenvalue weighted by molar-refractivity contribution is 0.0699. The number of benzene rings is 2. The number of carbonyl (C=O) groups is 1. The van der Waals surface area contributed by atoms with Crippen molar-refractivity contribution in [3.05, 3.63) is 70.6 Å². The van der Waals surface area contributed by atoms with Gasteiger partial charge in [-0.3, -0.25) is 0 Å². The van der Waals surface area contributed by atoms with Crippen LogP contribution < -0.4 is 0 Å². The highest BCUT2D eigenvalue weighted by Gasteiger charge is 2.14. The van der Waals surface area contributed by atoms with E-state index in [1.54, 1.807) is 22.8 Å². The summed E-state index contributed by atoms with van der Waals surface area (Å²) in [5.41, 5.74) is 1.36. The molecule has 0 aliphatic carbocycles. The Morgan fingerprint density at radius 3 is 2.76 bits per heavy atom. The van der Waals surface area contributed by atoms with Crippen LogP contribution in [0.15, 0.2) is 48.7 Å². The normalized spacial score (nSPS) is 11.0. The molecular formula is C16H11ClFNO2. The van der Waals surface area contributed by atoms with Gasteiger partial charge in [-0.2, -0.15) is 0 Å². The van der Waals surface area contributed by atoms with E-state index in [-0.39, 0.29) is 17.9 Å². The lowest BCUT2D eigenvalue weighted by Crippen LogP contribution is -2.01. The highest BCUT2D eigenvalue weighted by molar-refractivity contribution is 6.30. The molecule has 0 fully saturated rings. The first-order chi connectivity index (χ1) is 10.1. The summed E-state index contributed by atoms with van der Waals surface area (Å²) in [6.45, 7) is 0.222. The van der Waals surface area contributed by atoms with Gasteiger partial charge in [-0.15, -0.1) is 0 Å². The molecule has 3 nitrogen and oxygen atoms in total. The van der Waals surface area contributed by atoms with E-state index in [0.717, 1.165) is 5.52 Å². The third-order valence-electron chi connectivity index (χ3n) is 3.37. The van der Waals surface area contributed by atoms with Crippen molar-refractivity contribution in [3.8, 4) is 0 Å². The number of fused-ring (bicyclic) bond motifs is 1. The molecule has 0 spiro atoms. The molecule has 0 saturated heterocycles. The van der Waals surface area contributed by atoms with Gasteiger partial charge >= 0.3 is 5.97 Å². The molecule has 1 N–H and O–H groups in total. The second kappa shape index (κ2) is 5.22. The molecular weight excluding hydrogens is 293 g/mol. The minimum Gasteiger partial charge on any atom is -0.478 e. The van der Waals surface area contributed by atoms with Gasteiger partial charge in [-0.1, -0.05) is 29.8 Å². The Hall–Kier alpha value is -2.33. The summed E-state index contributed by atoms with van der Waals surface area (Å²) >= 11 is 5.89. The van der Waals surface area contributed by atoms with Gasteiger partial charge in [0.1, 0.15) is 5.82 Å². The van der Waals surface area contributed by atoms with Crippen molar-refractivity contribution in [2.24, 2.45) is 0 Å². The van der Waals surface area contributed by atoms with Gasteiger partial charge in [0, 0.05) is 27.7 Å². The number of rotatable bonds is 3. The summed E-state index contributed by atoms with van der Waals surface area (Å²) in [6, 6.07) is 11.5. The van der Waals surface area contributed by atoms with E-state index in [2.05, 4.69) is 0 Å². The Kier molecular flexibility index (Phi) is 3.39. The molecule has 0 aliphatic rings. The number of carboxylic acids is 1. The van der Waals surface area contributed by atoms with E-state index in [9.17, 15) is 14.3 Å². The molecule has 0 aliphatic heterocycles. The van der Waals surface area contributed by atoms with Gasteiger partial charge in [0.25, 0.3) is 0 Å². The van der Waals surface area contributed by atoms with Crippen LogP contribution in [0.25, 0.3) is 10.9 Å². The molecule has 0 unspecified atom stereocenters. The molecule has 0 atom stereocenters. The van der Waals surface area contributed by atoms with Crippen LogP contribution in [0.2, 0.25) is 5.02 Å². The van der Waals surface area contributed by atoms with Gasteiger partial charge in [0.15, 0.2) is 0 Å². The van der Waals surface area contributed by atoms with Crippen LogP contribution in [-0.2, 0) is 6.54 Å². The molecule has 3 aromatic rings. The zero-order valence-corrected chi connectivity index (χ0v) is 11.6. The number of hydrogen-bond donors (Lipinski definition) is 1. The first-order valence-corrected chi connectivity index (χ1v) is 6.69. The van der Waals surface area contributed by atoms with Crippen LogP contribution in [0.4, 0.5) is 4.39 Å². The van der Waals surface area contributed by atoms with Crippen molar-refractivity contribution in [3.63, 3.8) is 0 Å². The van der Waals surface area contributed by atoms with Gasteiger partial charge < -0.3 is 9.67 Å². The third-order valence-corrected chi connectivity index (χ3v) is 3.60. The second-order valence-corrected chi connectivity index (χ2v) is 5.17. The van der Waals surface area contributed by atoms with Gasteiger partial charge in [0.2, 0.25) is 0 Å². The highest BCUT2D eigenvalue weighted by Crippen LogP contribution is 2.24. The monoisotopic (exact) mass is 303 g/mol. The van der Waals surface area contributed by atoms with E-state index in [4.69, 9.17) is 11.6 Å². The van der Waals surface area contributed by atoms with Crippen LogP contribution in [0.5, 0.6) is 0 Å². The number of hydrogen-bond acceptors (Lipinski definition) is 1. The largest absolute Gasteiger partial charge is 0.478 e. The number of para-hydroxylation sites is 1. The Labute approximate surface area is 125 Å². The van der Waals surface area contributed by atoms with Gasteiger partial charge in [-0.05, 0) is 24.3 Å². The van der Waals surface area contributed by atoms with Crippen LogP contribution in [0, 0.1) is 5.82 Å². The topological polar surface area (TPSA) is 42.2 Å². The predicted molar refractivity (Wildman–Crippen MR) is 79.4 cm³/mol. The molecule has 21 heavy (non-hydrogen) atoms. The van der Waals surface area contributed by atoms with E-state index >= 15 is 0 Å². The molecule has 0 bridgehead atoms.